The number of halogens is 3. The van der Waals surface area contributed by atoms with E-state index in [1.807, 2.05) is 0 Å². The molecule has 0 saturated carbocycles. The number of hydrogen-bond acceptors (Lipinski definition) is 4. The second kappa shape index (κ2) is 7.43. The average Bonchev–Trinajstić information content (AvgIpc) is 3.18. The minimum Gasteiger partial charge on any atom is -0.325 e. The van der Waals surface area contributed by atoms with Crippen molar-refractivity contribution >= 4 is 58.3 Å². The number of carbonyl (C=O) groups excluding carboxylic acids is 2. The van der Waals surface area contributed by atoms with Gasteiger partial charge in [-0.05, 0) is 36.4 Å². The van der Waals surface area contributed by atoms with Gasteiger partial charge in [0.2, 0.25) is 11.9 Å². The Morgan fingerprint density at radius 3 is 2.64 bits per heavy atom. The average molecular weight is 437 g/mol. The molecule has 1 atom stereocenters. The summed E-state index contributed by atoms with van der Waals surface area (Å²) in [4.78, 5) is 29.0. The molecule has 10 heteroatoms. The molecule has 2 heterocycles. The molecule has 0 saturated heterocycles. The molecule has 0 aliphatic carbocycles. The van der Waals surface area contributed by atoms with Gasteiger partial charge < -0.3 is 5.32 Å². The molecule has 1 aliphatic rings. The standard InChI is InChI=1S/C18H12Cl3N5O2/c19-10-6-4-9(5-7-10)16-23-18-24-17(28)13(26(18)25-16)8-14(27)22-12-3-1-2-11(20)15(12)21/h1-7,13H,8H2,(H,22,27)(H,23,24,25,28)/t13-/m1/s1. The Morgan fingerprint density at radius 2 is 1.89 bits per heavy atom. The first-order valence-corrected chi connectivity index (χ1v) is 9.33. The SMILES string of the molecule is O=C(C[C@@H]1C(=O)Nc2nc(-c3ccc(Cl)cc3)nn21)Nc1cccc(Cl)c1Cl. The van der Waals surface area contributed by atoms with Crippen molar-refractivity contribution in [1.82, 2.24) is 14.8 Å². The van der Waals surface area contributed by atoms with Crippen LogP contribution in [0, 0.1) is 0 Å². The quantitative estimate of drug-likeness (QED) is 0.633. The molecule has 0 bridgehead atoms. The zero-order chi connectivity index (χ0) is 19.8. The highest BCUT2D eigenvalue weighted by Crippen LogP contribution is 2.31. The second-order valence-electron chi connectivity index (χ2n) is 6.07. The van der Waals surface area contributed by atoms with Crippen LogP contribution in [0.15, 0.2) is 42.5 Å². The second-order valence-corrected chi connectivity index (χ2v) is 7.29. The number of benzene rings is 2. The Morgan fingerprint density at radius 1 is 1.14 bits per heavy atom. The number of aromatic nitrogens is 3. The maximum atomic E-state index is 12.4. The van der Waals surface area contributed by atoms with Gasteiger partial charge in [0.15, 0.2) is 5.82 Å². The van der Waals surface area contributed by atoms with Crippen LogP contribution in [0.1, 0.15) is 12.5 Å². The molecule has 0 spiro atoms. The third-order valence-electron chi connectivity index (χ3n) is 4.17. The molecule has 2 N–H and O–H groups in total. The molecule has 0 unspecified atom stereocenters. The molecule has 1 aliphatic heterocycles. The molecule has 4 rings (SSSR count). The van der Waals surface area contributed by atoms with Gasteiger partial charge in [0.1, 0.15) is 6.04 Å². The van der Waals surface area contributed by atoms with E-state index in [9.17, 15) is 9.59 Å². The van der Waals surface area contributed by atoms with E-state index in [4.69, 9.17) is 34.8 Å². The molecule has 0 radical (unpaired) electrons. The first kappa shape index (κ1) is 18.7. The van der Waals surface area contributed by atoms with E-state index in [2.05, 4.69) is 20.7 Å². The molecule has 0 fully saturated rings. The maximum absolute atomic E-state index is 12.4. The summed E-state index contributed by atoms with van der Waals surface area (Å²) >= 11 is 17.9. The summed E-state index contributed by atoms with van der Waals surface area (Å²) in [5, 5.41) is 10.8. The number of amides is 2. The summed E-state index contributed by atoms with van der Waals surface area (Å²) in [6.45, 7) is 0. The zero-order valence-electron chi connectivity index (χ0n) is 14.1. The molecular weight excluding hydrogens is 425 g/mol. The molecular formula is C18H12Cl3N5O2. The minimum atomic E-state index is -0.818. The lowest BCUT2D eigenvalue weighted by Crippen LogP contribution is -2.23. The summed E-state index contributed by atoms with van der Waals surface area (Å²) in [5.74, 6) is -0.0470. The fourth-order valence-corrected chi connectivity index (χ4v) is 3.28. The van der Waals surface area contributed by atoms with Gasteiger partial charge in [-0.2, -0.15) is 4.98 Å². The van der Waals surface area contributed by atoms with E-state index in [-0.39, 0.29) is 23.3 Å². The van der Waals surface area contributed by atoms with Gasteiger partial charge in [0.25, 0.3) is 5.91 Å². The predicted molar refractivity (Wildman–Crippen MR) is 108 cm³/mol. The van der Waals surface area contributed by atoms with E-state index in [0.29, 0.717) is 21.6 Å². The summed E-state index contributed by atoms with van der Waals surface area (Å²) in [5.41, 5.74) is 1.12. The topological polar surface area (TPSA) is 88.9 Å². The predicted octanol–water partition coefficient (Wildman–Crippen LogP) is 4.43. The highest BCUT2D eigenvalue weighted by atomic mass is 35.5. The normalized spacial score (nSPS) is 15.2. The number of nitrogens with one attached hydrogen (secondary N) is 2. The first-order chi connectivity index (χ1) is 13.4. The summed E-state index contributed by atoms with van der Waals surface area (Å²) in [7, 11) is 0. The first-order valence-electron chi connectivity index (χ1n) is 8.19. The van der Waals surface area contributed by atoms with Gasteiger partial charge >= 0.3 is 0 Å². The van der Waals surface area contributed by atoms with Crippen LogP contribution < -0.4 is 10.6 Å². The lowest BCUT2D eigenvalue weighted by atomic mass is 10.2. The zero-order valence-corrected chi connectivity index (χ0v) is 16.4. The Labute approximate surface area is 174 Å². The van der Waals surface area contributed by atoms with Crippen molar-refractivity contribution in [2.45, 2.75) is 12.5 Å². The van der Waals surface area contributed by atoms with Crippen molar-refractivity contribution in [1.29, 1.82) is 0 Å². The van der Waals surface area contributed by atoms with Crippen molar-refractivity contribution in [3.63, 3.8) is 0 Å². The van der Waals surface area contributed by atoms with E-state index in [1.54, 1.807) is 42.5 Å². The van der Waals surface area contributed by atoms with Crippen molar-refractivity contribution in [2.75, 3.05) is 10.6 Å². The van der Waals surface area contributed by atoms with Gasteiger partial charge in [-0.15, -0.1) is 5.10 Å². The summed E-state index contributed by atoms with van der Waals surface area (Å²) in [6.07, 6.45) is -0.134. The van der Waals surface area contributed by atoms with E-state index in [0.717, 1.165) is 5.56 Å². The fraction of sp³-hybridized carbons (Fsp3) is 0.111. The number of rotatable bonds is 4. The van der Waals surface area contributed by atoms with E-state index in [1.165, 1.54) is 4.68 Å². The maximum Gasteiger partial charge on any atom is 0.252 e. The number of carbonyl (C=O) groups is 2. The summed E-state index contributed by atoms with van der Waals surface area (Å²) < 4.78 is 1.41. The minimum absolute atomic E-state index is 0.134. The van der Waals surface area contributed by atoms with Crippen LogP contribution in [0.25, 0.3) is 11.4 Å². The number of anilines is 2. The van der Waals surface area contributed by atoms with Crippen molar-refractivity contribution in [3.05, 3.63) is 57.5 Å². The van der Waals surface area contributed by atoms with Crippen molar-refractivity contribution in [2.24, 2.45) is 0 Å². The summed E-state index contributed by atoms with van der Waals surface area (Å²) in [6, 6.07) is 11.1. The monoisotopic (exact) mass is 435 g/mol. The van der Waals surface area contributed by atoms with Crippen LogP contribution in [-0.2, 0) is 9.59 Å². The number of hydrogen-bond donors (Lipinski definition) is 2. The molecule has 3 aromatic rings. The van der Waals surface area contributed by atoms with Gasteiger partial charge in [-0.25, -0.2) is 4.68 Å². The van der Waals surface area contributed by atoms with Crippen molar-refractivity contribution in [3.8, 4) is 11.4 Å². The molecule has 1 aromatic heterocycles. The van der Waals surface area contributed by atoms with E-state index >= 15 is 0 Å². The van der Waals surface area contributed by atoms with Crippen LogP contribution in [-0.4, -0.2) is 26.6 Å². The third kappa shape index (κ3) is 3.56. The van der Waals surface area contributed by atoms with Crippen LogP contribution in [0.2, 0.25) is 15.1 Å². The molecule has 2 aromatic carbocycles. The van der Waals surface area contributed by atoms with Crippen LogP contribution in [0.5, 0.6) is 0 Å². The third-order valence-corrected chi connectivity index (χ3v) is 5.24. The van der Waals surface area contributed by atoms with Crippen LogP contribution in [0.4, 0.5) is 11.6 Å². The Bertz CT molecular complexity index is 1080. The molecule has 2 amide bonds. The largest absolute Gasteiger partial charge is 0.325 e. The molecule has 142 valence electrons. The van der Waals surface area contributed by atoms with Gasteiger partial charge in [0, 0.05) is 10.6 Å². The Kier molecular flexibility index (Phi) is 4.97. The number of nitrogens with zero attached hydrogens (tertiary/aromatic N) is 3. The Hall–Kier alpha value is -2.61. The highest BCUT2D eigenvalue weighted by Gasteiger charge is 2.35. The number of fused-ring (bicyclic) bond motifs is 1. The van der Waals surface area contributed by atoms with Crippen LogP contribution in [0.3, 0.4) is 0 Å². The van der Waals surface area contributed by atoms with Gasteiger partial charge in [-0.1, -0.05) is 40.9 Å². The van der Waals surface area contributed by atoms with Gasteiger partial charge in [-0.3, -0.25) is 14.9 Å². The molecule has 7 nitrogen and oxygen atoms in total. The highest BCUT2D eigenvalue weighted by molar-refractivity contribution is 6.44. The van der Waals surface area contributed by atoms with Crippen molar-refractivity contribution < 1.29 is 9.59 Å². The van der Waals surface area contributed by atoms with Crippen LogP contribution >= 0.6 is 34.8 Å². The lowest BCUT2D eigenvalue weighted by molar-refractivity contribution is -0.123. The Balaban J connectivity index is 1.53. The fourth-order valence-electron chi connectivity index (χ4n) is 2.81. The smallest absolute Gasteiger partial charge is 0.252 e. The van der Waals surface area contributed by atoms with Gasteiger partial charge in [0.05, 0.1) is 22.2 Å². The lowest BCUT2D eigenvalue weighted by Gasteiger charge is -2.11. The van der Waals surface area contributed by atoms with E-state index < -0.39 is 11.9 Å². The molecule has 28 heavy (non-hydrogen) atoms.